The molecule has 0 spiro atoms. The van der Waals surface area contributed by atoms with Gasteiger partial charge in [0.25, 0.3) is 5.91 Å². The third kappa shape index (κ3) is 7.02. The lowest BCUT2D eigenvalue weighted by Gasteiger charge is -2.35. The van der Waals surface area contributed by atoms with Gasteiger partial charge in [-0.15, -0.1) is 0 Å². The minimum Gasteiger partial charge on any atom is -0.494 e. The zero-order valence-electron chi connectivity index (χ0n) is 18.7. The second-order valence-electron chi connectivity index (χ2n) is 8.73. The van der Waals surface area contributed by atoms with Crippen LogP contribution in [0.4, 0.5) is 4.79 Å². The third-order valence-corrected chi connectivity index (χ3v) is 5.02. The second-order valence-corrected chi connectivity index (χ2v) is 8.73. The van der Waals surface area contributed by atoms with E-state index >= 15 is 0 Å². The average molecular weight is 425 g/mol. The Bertz CT molecular complexity index is 869. The van der Waals surface area contributed by atoms with Crippen molar-refractivity contribution in [3.63, 3.8) is 0 Å². The molecule has 0 bridgehead atoms. The van der Waals surface area contributed by atoms with Crippen LogP contribution >= 0.6 is 0 Å². The van der Waals surface area contributed by atoms with E-state index in [9.17, 15) is 9.59 Å². The molecule has 2 aromatic rings. The molecule has 2 aromatic carbocycles. The number of hydrogen-bond donors (Lipinski definition) is 0. The molecule has 1 aliphatic heterocycles. The summed E-state index contributed by atoms with van der Waals surface area (Å²) in [6, 6.07) is 17.6. The Hall–Kier alpha value is -3.02. The summed E-state index contributed by atoms with van der Waals surface area (Å²) >= 11 is 0. The highest BCUT2D eigenvalue weighted by Crippen LogP contribution is 2.18. The fourth-order valence-corrected chi connectivity index (χ4v) is 3.43. The Morgan fingerprint density at radius 1 is 0.903 bits per heavy atom. The molecule has 166 valence electrons. The van der Waals surface area contributed by atoms with Gasteiger partial charge in [-0.25, -0.2) is 4.79 Å². The monoisotopic (exact) mass is 424 g/mol. The first-order chi connectivity index (χ1) is 14.8. The normalized spacial score (nSPS) is 14.3. The van der Waals surface area contributed by atoms with Gasteiger partial charge in [0.2, 0.25) is 0 Å². The van der Waals surface area contributed by atoms with Crippen molar-refractivity contribution in [3.8, 4) is 5.75 Å². The Balaban J connectivity index is 1.47. The maximum atomic E-state index is 12.9. The molecule has 1 saturated heterocycles. The predicted octanol–water partition coefficient (Wildman–Crippen LogP) is 4.39. The van der Waals surface area contributed by atoms with Gasteiger partial charge in [-0.3, -0.25) is 4.79 Å². The Morgan fingerprint density at radius 2 is 1.58 bits per heavy atom. The third-order valence-electron chi connectivity index (χ3n) is 5.02. The van der Waals surface area contributed by atoms with E-state index in [0.29, 0.717) is 44.1 Å². The number of hydrogen-bond acceptors (Lipinski definition) is 4. The Labute approximate surface area is 184 Å². The summed E-state index contributed by atoms with van der Waals surface area (Å²) in [6.07, 6.45) is 1.54. The van der Waals surface area contributed by atoms with Crippen LogP contribution in [0.2, 0.25) is 0 Å². The van der Waals surface area contributed by atoms with E-state index in [-0.39, 0.29) is 12.0 Å². The van der Waals surface area contributed by atoms with Crippen LogP contribution in [0.3, 0.4) is 0 Å². The summed E-state index contributed by atoms with van der Waals surface area (Å²) < 4.78 is 11.3. The molecule has 0 unspecified atom stereocenters. The van der Waals surface area contributed by atoms with Crippen molar-refractivity contribution in [3.05, 3.63) is 65.7 Å². The highest BCUT2D eigenvalue weighted by atomic mass is 16.6. The molecule has 0 radical (unpaired) electrons. The number of nitrogens with zero attached hydrogens (tertiary/aromatic N) is 2. The number of amides is 2. The molecular formula is C25H32N2O4. The minimum absolute atomic E-state index is 0.0430. The van der Waals surface area contributed by atoms with Gasteiger partial charge >= 0.3 is 6.09 Å². The lowest BCUT2D eigenvalue weighted by Crippen LogP contribution is -2.51. The van der Waals surface area contributed by atoms with Crippen LogP contribution in [0.1, 0.15) is 43.1 Å². The second kappa shape index (κ2) is 10.3. The first kappa shape index (κ1) is 22.7. The Morgan fingerprint density at radius 3 is 2.26 bits per heavy atom. The van der Waals surface area contributed by atoms with Crippen molar-refractivity contribution in [1.82, 2.24) is 9.80 Å². The van der Waals surface area contributed by atoms with Crippen molar-refractivity contribution in [2.24, 2.45) is 0 Å². The van der Waals surface area contributed by atoms with E-state index in [0.717, 1.165) is 12.8 Å². The molecule has 0 aliphatic carbocycles. The lowest BCUT2D eigenvalue weighted by molar-refractivity contribution is 0.0141. The molecule has 1 fully saturated rings. The predicted molar refractivity (Wildman–Crippen MR) is 120 cm³/mol. The molecule has 6 nitrogen and oxygen atoms in total. The van der Waals surface area contributed by atoms with Crippen molar-refractivity contribution >= 4 is 12.0 Å². The highest BCUT2D eigenvalue weighted by Gasteiger charge is 2.28. The number of rotatable bonds is 6. The van der Waals surface area contributed by atoms with E-state index in [4.69, 9.17) is 9.47 Å². The van der Waals surface area contributed by atoms with Gasteiger partial charge in [0.1, 0.15) is 11.4 Å². The summed E-state index contributed by atoms with van der Waals surface area (Å²) in [5.74, 6) is 0.657. The van der Waals surface area contributed by atoms with Crippen molar-refractivity contribution in [2.45, 2.75) is 39.2 Å². The van der Waals surface area contributed by atoms with Crippen LogP contribution in [0.25, 0.3) is 0 Å². The minimum atomic E-state index is -0.522. The van der Waals surface area contributed by atoms with Crippen LogP contribution in [-0.2, 0) is 11.2 Å². The molecule has 0 saturated carbocycles. The first-order valence-electron chi connectivity index (χ1n) is 10.9. The van der Waals surface area contributed by atoms with Crippen LogP contribution in [0.15, 0.2) is 54.6 Å². The number of piperazine rings is 1. The molecule has 2 amide bonds. The van der Waals surface area contributed by atoms with E-state index in [1.165, 1.54) is 5.56 Å². The molecule has 0 aromatic heterocycles. The largest absolute Gasteiger partial charge is 0.494 e. The zero-order chi connectivity index (χ0) is 22.3. The number of carbonyl (C=O) groups excluding carboxylic acids is 2. The number of carbonyl (C=O) groups is 2. The number of ether oxygens (including phenoxy) is 2. The Kier molecular flexibility index (Phi) is 7.55. The molecule has 31 heavy (non-hydrogen) atoms. The van der Waals surface area contributed by atoms with Gasteiger partial charge in [0.15, 0.2) is 0 Å². The van der Waals surface area contributed by atoms with Gasteiger partial charge in [-0.2, -0.15) is 0 Å². The molecule has 0 N–H and O–H groups in total. The van der Waals surface area contributed by atoms with E-state index in [1.54, 1.807) is 21.9 Å². The van der Waals surface area contributed by atoms with Crippen LogP contribution < -0.4 is 4.74 Å². The standard InChI is InChI=1S/C25H32N2O4/c1-25(2,3)31-24(29)27-16-14-26(15-17-27)23(28)21-12-7-13-22(19-21)30-18-8-11-20-9-5-4-6-10-20/h4-7,9-10,12-13,19H,8,11,14-18H2,1-3H3. The number of aryl methyl sites for hydroxylation is 1. The highest BCUT2D eigenvalue weighted by molar-refractivity contribution is 5.94. The van der Waals surface area contributed by atoms with Gasteiger partial charge in [-0.05, 0) is 57.4 Å². The van der Waals surface area contributed by atoms with Crippen molar-refractivity contribution < 1.29 is 19.1 Å². The quantitative estimate of drug-likeness (QED) is 0.646. The maximum Gasteiger partial charge on any atom is 0.410 e. The van der Waals surface area contributed by atoms with Gasteiger partial charge in [0, 0.05) is 31.7 Å². The van der Waals surface area contributed by atoms with Crippen molar-refractivity contribution in [1.29, 1.82) is 0 Å². The van der Waals surface area contributed by atoms with E-state index < -0.39 is 5.60 Å². The zero-order valence-corrected chi connectivity index (χ0v) is 18.7. The summed E-state index contributed by atoms with van der Waals surface area (Å²) in [4.78, 5) is 28.5. The summed E-state index contributed by atoms with van der Waals surface area (Å²) in [6.45, 7) is 8.05. The summed E-state index contributed by atoms with van der Waals surface area (Å²) in [5, 5.41) is 0. The SMILES string of the molecule is CC(C)(C)OC(=O)N1CCN(C(=O)c2cccc(OCCCc3ccccc3)c2)CC1. The van der Waals surface area contributed by atoms with Gasteiger partial charge < -0.3 is 19.3 Å². The molecule has 1 aliphatic rings. The molecular weight excluding hydrogens is 392 g/mol. The average Bonchev–Trinajstić information content (AvgIpc) is 2.76. The van der Waals surface area contributed by atoms with Crippen LogP contribution in [0.5, 0.6) is 5.75 Å². The maximum absolute atomic E-state index is 12.9. The molecule has 1 heterocycles. The molecule has 3 rings (SSSR count). The molecule has 0 atom stereocenters. The van der Waals surface area contributed by atoms with Gasteiger partial charge in [0.05, 0.1) is 6.61 Å². The van der Waals surface area contributed by atoms with E-state index in [2.05, 4.69) is 12.1 Å². The smallest absolute Gasteiger partial charge is 0.410 e. The van der Waals surface area contributed by atoms with Gasteiger partial charge in [-0.1, -0.05) is 36.4 Å². The van der Waals surface area contributed by atoms with Crippen molar-refractivity contribution in [2.75, 3.05) is 32.8 Å². The lowest BCUT2D eigenvalue weighted by atomic mass is 10.1. The van der Waals surface area contributed by atoms with Crippen LogP contribution in [0, 0.1) is 0 Å². The summed E-state index contributed by atoms with van der Waals surface area (Å²) in [5.41, 5.74) is 1.37. The van der Waals surface area contributed by atoms with E-state index in [1.807, 2.05) is 51.1 Å². The fraction of sp³-hybridized carbons (Fsp3) is 0.440. The van der Waals surface area contributed by atoms with Crippen LogP contribution in [-0.4, -0.2) is 60.2 Å². The molecule has 6 heteroatoms. The topological polar surface area (TPSA) is 59.1 Å². The number of benzene rings is 2. The first-order valence-corrected chi connectivity index (χ1v) is 10.9. The summed E-state index contributed by atoms with van der Waals surface area (Å²) in [7, 11) is 0. The fourth-order valence-electron chi connectivity index (χ4n) is 3.43.